The second kappa shape index (κ2) is 1.90. The number of fused-ring (bicyclic) bond motifs is 2. The van der Waals surface area contributed by atoms with Gasteiger partial charge in [0.15, 0.2) is 0 Å². The first-order valence-electron chi connectivity index (χ1n) is 2.34. The fourth-order valence-corrected chi connectivity index (χ4v) is 17.8. The van der Waals surface area contributed by atoms with Crippen LogP contribution in [0.5, 0.6) is 0 Å². The van der Waals surface area contributed by atoms with E-state index < -0.39 is 0 Å². The SMILES string of the molecule is C1S[SiH]2SCC1S2. The molecular weight excluding hydrogens is 160 g/mol. The maximum Gasteiger partial charge on any atom is 0.221 e. The molecule has 0 saturated carbocycles. The van der Waals surface area contributed by atoms with Crippen molar-refractivity contribution < 1.29 is 0 Å². The highest BCUT2D eigenvalue weighted by Gasteiger charge is 2.34. The van der Waals surface area contributed by atoms with Crippen LogP contribution in [0.3, 0.4) is 0 Å². The Morgan fingerprint density at radius 2 is 2.00 bits per heavy atom. The highest BCUT2D eigenvalue weighted by atomic mass is 32.8. The third kappa shape index (κ3) is 0.865. The lowest BCUT2D eigenvalue weighted by atomic mass is 10.6. The minimum Gasteiger partial charge on any atom is -0.164 e. The van der Waals surface area contributed by atoms with E-state index in [1.807, 2.05) is 0 Å². The van der Waals surface area contributed by atoms with Crippen LogP contribution in [0.15, 0.2) is 0 Å². The average Bonchev–Trinajstić information content (AvgIpc) is 2.22. The molecule has 0 aliphatic carbocycles. The molecule has 2 bridgehead atoms. The zero-order chi connectivity index (χ0) is 4.69. The summed E-state index contributed by atoms with van der Waals surface area (Å²) in [4.78, 5) is 0. The molecule has 2 heterocycles. The van der Waals surface area contributed by atoms with Crippen molar-refractivity contribution in [3.8, 4) is 0 Å². The predicted molar refractivity (Wildman–Crippen MR) is 43.4 cm³/mol. The molecule has 7 heavy (non-hydrogen) atoms. The van der Waals surface area contributed by atoms with Crippen LogP contribution in [0.1, 0.15) is 0 Å². The standard InChI is InChI=1S/C3H6S3Si/c1-3-2-5-7(4-1)6-3/h3,7H,1-2H2. The lowest BCUT2D eigenvalue weighted by Gasteiger charge is -2.02. The van der Waals surface area contributed by atoms with Crippen LogP contribution in [0.4, 0.5) is 0 Å². The van der Waals surface area contributed by atoms with Gasteiger partial charge in [-0.3, -0.25) is 0 Å². The lowest BCUT2D eigenvalue weighted by molar-refractivity contribution is 1.17. The summed E-state index contributed by atoms with van der Waals surface area (Å²) in [5, 5.41) is 1.08. The van der Waals surface area contributed by atoms with Crippen LogP contribution in [-0.4, -0.2) is 23.0 Å². The molecule has 0 unspecified atom stereocenters. The van der Waals surface area contributed by atoms with Crippen molar-refractivity contribution in [1.29, 1.82) is 0 Å². The van der Waals surface area contributed by atoms with E-state index in [4.69, 9.17) is 0 Å². The van der Waals surface area contributed by atoms with Gasteiger partial charge in [0, 0.05) is 16.8 Å². The lowest BCUT2D eigenvalue weighted by Crippen LogP contribution is -2.02. The fraction of sp³-hybridized carbons (Fsp3) is 1.00. The van der Waals surface area contributed by atoms with Crippen molar-refractivity contribution in [2.45, 2.75) is 5.25 Å². The molecule has 0 aromatic carbocycles. The topological polar surface area (TPSA) is 0 Å². The van der Waals surface area contributed by atoms with Crippen molar-refractivity contribution in [2.75, 3.05) is 11.5 Å². The predicted octanol–water partition coefficient (Wildman–Crippen LogP) is 1.30. The van der Waals surface area contributed by atoms with Gasteiger partial charge < -0.3 is 0 Å². The summed E-state index contributed by atoms with van der Waals surface area (Å²) in [5.74, 6) is 2.96. The molecule has 0 nitrogen and oxygen atoms in total. The molecule has 2 aliphatic rings. The average molecular weight is 166 g/mol. The van der Waals surface area contributed by atoms with Crippen molar-refractivity contribution in [1.82, 2.24) is 0 Å². The minimum atomic E-state index is -0.236. The second-order valence-corrected chi connectivity index (χ2v) is 14.3. The Balaban J connectivity index is 2.12. The van der Waals surface area contributed by atoms with E-state index in [9.17, 15) is 0 Å². The molecule has 0 radical (unpaired) electrons. The van der Waals surface area contributed by atoms with Gasteiger partial charge in [-0.2, -0.15) is 33.6 Å². The van der Waals surface area contributed by atoms with Gasteiger partial charge >= 0.3 is 0 Å². The number of hydrogen-bond donors (Lipinski definition) is 0. The van der Waals surface area contributed by atoms with Crippen LogP contribution < -0.4 is 0 Å². The van der Waals surface area contributed by atoms with E-state index in [2.05, 4.69) is 33.6 Å². The molecule has 0 N–H and O–H groups in total. The van der Waals surface area contributed by atoms with Crippen molar-refractivity contribution in [3.05, 3.63) is 0 Å². The van der Waals surface area contributed by atoms with Crippen molar-refractivity contribution in [2.24, 2.45) is 0 Å². The molecule has 0 aromatic rings. The van der Waals surface area contributed by atoms with Gasteiger partial charge in [-0.05, 0) is 0 Å². The molecule has 0 spiro atoms. The summed E-state index contributed by atoms with van der Waals surface area (Å²) >= 11 is 6.81. The Morgan fingerprint density at radius 3 is 2.14 bits per heavy atom. The molecule has 2 fully saturated rings. The van der Waals surface area contributed by atoms with Crippen molar-refractivity contribution in [3.63, 3.8) is 0 Å². The summed E-state index contributed by atoms with van der Waals surface area (Å²) in [5.41, 5.74) is 0. The molecule has 4 heteroatoms. The number of rotatable bonds is 0. The summed E-state index contributed by atoms with van der Waals surface area (Å²) in [6.07, 6.45) is -0.236. The number of hydrogen-bond acceptors (Lipinski definition) is 3. The quantitative estimate of drug-likeness (QED) is 0.498. The van der Waals surface area contributed by atoms with Crippen LogP contribution in [0.25, 0.3) is 0 Å². The van der Waals surface area contributed by atoms with Gasteiger partial charge in [0.25, 0.3) is 0 Å². The van der Waals surface area contributed by atoms with Crippen molar-refractivity contribution >= 4 is 39.9 Å². The maximum absolute atomic E-state index is 2.30. The minimum absolute atomic E-state index is 0.236. The van der Waals surface area contributed by atoms with Gasteiger partial charge in [0.2, 0.25) is 6.25 Å². The Kier molecular flexibility index (Phi) is 1.38. The Hall–Kier alpha value is 1.27. The summed E-state index contributed by atoms with van der Waals surface area (Å²) in [6.45, 7) is 0. The van der Waals surface area contributed by atoms with Crippen LogP contribution in [0, 0.1) is 0 Å². The van der Waals surface area contributed by atoms with Crippen LogP contribution >= 0.6 is 33.6 Å². The van der Waals surface area contributed by atoms with E-state index >= 15 is 0 Å². The summed E-state index contributed by atoms with van der Waals surface area (Å²) in [6, 6.07) is 0. The molecule has 0 amide bonds. The van der Waals surface area contributed by atoms with E-state index in [-0.39, 0.29) is 6.25 Å². The largest absolute Gasteiger partial charge is 0.221 e. The smallest absolute Gasteiger partial charge is 0.164 e. The fourth-order valence-electron chi connectivity index (χ4n) is 0.782. The van der Waals surface area contributed by atoms with E-state index in [1.54, 1.807) is 0 Å². The third-order valence-electron chi connectivity index (χ3n) is 1.14. The Bertz CT molecular complexity index is 68.2. The zero-order valence-corrected chi connectivity index (χ0v) is 7.40. The monoisotopic (exact) mass is 166 g/mol. The van der Waals surface area contributed by atoms with Gasteiger partial charge in [-0.1, -0.05) is 0 Å². The highest BCUT2D eigenvalue weighted by Crippen LogP contribution is 2.48. The Morgan fingerprint density at radius 1 is 1.29 bits per heavy atom. The zero-order valence-electron chi connectivity index (χ0n) is 3.79. The summed E-state index contributed by atoms with van der Waals surface area (Å²) in [7, 11) is 0. The normalized spacial score (nSPS) is 48.0. The van der Waals surface area contributed by atoms with E-state index in [0.29, 0.717) is 0 Å². The van der Waals surface area contributed by atoms with Crippen LogP contribution in [-0.2, 0) is 0 Å². The van der Waals surface area contributed by atoms with E-state index in [0.717, 1.165) is 5.25 Å². The molecule has 0 aromatic heterocycles. The second-order valence-electron chi connectivity index (χ2n) is 1.71. The first kappa shape index (κ1) is 5.08. The molecule has 0 atom stereocenters. The molecular formula is C3H6S3Si. The maximum atomic E-state index is 2.30. The van der Waals surface area contributed by atoms with Gasteiger partial charge in [0.1, 0.15) is 0 Å². The molecule has 2 saturated heterocycles. The molecule has 2 aliphatic heterocycles. The third-order valence-corrected chi connectivity index (χ3v) is 15.7. The first-order chi connectivity index (χ1) is 3.45. The van der Waals surface area contributed by atoms with Gasteiger partial charge in [-0.15, -0.1) is 0 Å². The van der Waals surface area contributed by atoms with Gasteiger partial charge in [-0.25, -0.2) is 0 Å². The van der Waals surface area contributed by atoms with Crippen LogP contribution in [0.2, 0.25) is 0 Å². The Labute approximate surface area is 56.7 Å². The van der Waals surface area contributed by atoms with E-state index in [1.165, 1.54) is 11.5 Å². The van der Waals surface area contributed by atoms with Gasteiger partial charge in [0.05, 0.1) is 0 Å². The first-order valence-corrected chi connectivity index (χ1v) is 9.62. The molecule has 2 rings (SSSR count). The summed E-state index contributed by atoms with van der Waals surface area (Å²) < 4.78 is 0. The highest BCUT2D eigenvalue weighted by molar-refractivity contribution is 8.79. The molecule has 40 valence electrons.